The van der Waals surface area contributed by atoms with Gasteiger partial charge in [-0.25, -0.2) is 9.97 Å². The lowest BCUT2D eigenvalue weighted by Crippen LogP contribution is -2.42. The number of fused-ring (bicyclic) bond motifs is 1. The molecule has 0 saturated heterocycles. The van der Waals surface area contributed by atoms with E-state index < -0.39 is 36.0 Å². The molecular formula is C27H24F3N7O6. The van der Waals surface area contributed by atoms with Crippen LogP contribution < -0.4 is 30.6 Å². The molecule has 0 atom stereocenters. The molecule has 3 N–H and O–H groups in total. The molecule has 0 radical (unpaired) electrons. The van der Waals surface area contributed by atoms with Crippen molar-refractivity contribution in [3.63, 3.8) is 0 Å². The number of alkyl halides is 3. The predicted octanol–water partition coefficient (Wildman–Crippen LogP) is 3.08. The van der Waals surface area contributed by atoms with Crippen molar-refractivity contribution in [1.82, 2.24) is 19.9 Å². The normalized spacial score (nSPS) is 11.1. The fraction of sp³-hybridized carbons (Fsp3) is 0.222. The molecule has 13 nitrogen and oxygen atoms in total. The molecule has 0 spiro atoms. The van der Waals surface area contributed by atoms with Crippen LogP contribution in [-0.4, -0.2) is 64.6 Å². The number of carbonyl (C=O) groups is 3. The van der Waals surface area contributed by atoms with E-state index in [1.807, 2.05) is 0 Å². The fourth-order valence-electron chi connectivity index (χ4n) is 3.93. The number of rotatable bonds is 9. The third-order valence-corrected chi connectivity index (χ3v) is 5.94. The van der Waals surface area contributed by atoms with Gasteiger partial charge < -0.3 is 19.7 Å². The van der Waals surface area contributed by atoms with E-state index in [1.165, 1.54) is 57.7 Å². The van der Waals surface area contributed by atoms with Crippen LogP contribution >= 0.6 is 0 Å². The summed E-state index contributed by atoms with van der Waals surface area (Å²) in [5, 5.41) is 4.96. The smallest absolute Gasteiger partial charge is 0.471 e. The van der Waals surface area contributed by atoms with E-state index in [-0.39, 0.29) is 40.5 Å². The maximum absolute atomic E-state index is 13.5. The number of aromatic nitrogens is 4. The van der Waals surface area contributed by atoms with Gasteiger partial charge in [-0.1, -0.05) is 0 Å². The van der Waals surface area contributed by atoms with Gasteiger partial charge >= 0.3 is 12.1 Å². The Morgan fingerprint density at radius 3 is 2.35 bits per heavy atom. The number of ether oxygens (including phenoxy) is 2. The van der Waals surface area contributed by atoms with Crippen LogP contribution in [0.15, 0.2) is 53.5 Å². The van der Waals surface area contributed by atoms with Crippen LogP contribution in [-0.2, 0) is 16.0 Å². The maximum Gasteiger partial charge on any atom is 0.471 e. The molecule has 2 heterocycles. The Balaban J connectivity index is 1.55. The first-order valence-electron chi connectivity index (χ1n) is 12.4. The van der Waals surface area contributed by atoms with E-state index in [0.29, 0.717) is 22.1 Å². The summed E-state index contributed by atoms with van der Waals surface area (Å²) in [6, 6.07) is 9.70. The van der Waals surface area contributed by atoms with Crippen molar-refractivity contribution in [3.05, 3.63) is 70.3 Å². The Hall–Kier alpha value is -5.54. The molecule has 0 saturated carbocycles. The lowest BCUT2D eigenvalue weighted by molar-refractivity contribution is -0.170. The molecule has 0 fully saturated rings. The zero-order valence-electron chi connectivity index (χ0n) is 22.9. The molecular weight excluding hydrogens is 575 g/mol. The lowest BCUT2D eigenvalue weighted by atomic mass is 10.1. The highest BCUT2D eigenvalue weighted by Crippen LogP contribution is 2.30. The molecule has 0 aliphatic heterocycles. The summed E-state index contributed by atoms with van der Waals surface area (Å²) < 4.78 is 50.9. The van der Waals surface area contributed by atoms with Gasteiger partial charge in [-0.2, -0.15) is 18.2 Å². The van der Waals surface area contributed by atoms with E-state index in [9.17, 15) is 32.3 Å². The number of halogens is 3. The first-order chi connectivity index (χ1) is 20.4. The highest BCUT2D eigenvalue weighted by Gasteiger charge is 2.43. The number of nitrogens with zero attached hydrogens (tertiary/aromatic N) is 4. The van der Waals surface area contributed by atoms with E-state index in [2.05, 4.69) is 30.6 Å². The van der Waals surface area contributed by atoms with Crippen LogP contribution in [0.25, 0.3) is 11.2 Å². The van der Waals surface area contributed by atoms with Gasteiger partial charge in [0.25, 0.3) is 11.5 Å². The van der Waals surface area contributed by atoms with Crippen molar-refractivity contribution >= 4 is 46.2 Å². The minimum Gasteiger partial charge on any atom is -0.497 e. The van der Waals surface area contributed by atoms with Crippen LogP contribution in [0.5, 0.6) is 11.5 Å². The first-order valence-corrected chi connectivity index (χ1v) is 12.4. The molecule has 0 aliphatic rings. The molecule has 4 aromatic rings. The van der Waals surface area contributed by atoms with Crippen molar-refractivity contribution in [2.45, 2.75) is 19.5 Å². The van der Waals surface area contributed by atoms with Crippen molar-refractivity contribution in [2.75, 3.05) is 36.3 Å². The van der Waals surface area contributed by atoms with E-state index in [1.54, 1.807) is 12.1 Å². The number of H-pyrrole nitrogens is 1. The number of nitrogens with one attached hydrogen (secondary N) is 3. The van der Waals surface area contributed by atoms with Gasteiger partial charge in [-0.15, -0.1) is 0 Å². The lowest BCUT2D eigenvalue weighted by Gasteiger charge is -2.24. The summed E-state index contributed by atoms with van der Waals surface area (Å²) >= 11 is 0. The third kappa shape index (κ3) is 7.22. The Bertz CT molecular complexity index is 1740. The molecule has 0 aliphatic carbocycles. The monoisotopic (exact) mass is 599 g/mol. The number of anilines is 3. The predicted molar refractivity (Wildman–Crippen MR) is 148 cm³/mol. The summed E-state index contributed by atoms with van der Waals surface area (Å²) in [5.74, 6) is -2.53. The number of methoxy groups -OCH3 is 2. The van der Waals surface area contributed by atoms with Gasteiger partial charge in [-0.3, -0.25) is 29.5 Å². The quantitative estimate of drug-likeness (QED) is 0.262. The Kier molecular flexibility index (Phi) is 8.87. The van der Waals surface area contributed by atoms with Crippen molar-refractivity contribution in [1.29, 1.82) is 0 Å². The summed E-state index contributed by atoms with van der Waals surface area (Å²) in [7, 11) is 2.87. The van der Waals surface area contributed by atoms with Gasteiger partial charge in [-0.05, 0) is 36.4 Å². The van der Waals surface area contributed by atoms with Crippen LogP contribution in [0.2, 0.25) is 0 Å². The van der Waals surface area contributed by atoms with E-state index in [0.717, 1.165) is 0 Å². The summed E-state index contributed by atoms with van der Waals surface area (Å²) in [6.07, 6.45) is -4.21. The highest BCUT2D eigenvalue weighted by molar-refractivity contribution is 6.05. The van der Waals surface area contributed by atoms with Crippen molar-refractivity contribution < 1.29 is 37.0 Å². The van der Waals surface area contributed by atoms with E-state index in [4.69, 9.17) is 9.47 Å². The Morgan fingerprint density at radius 1 is 1.00 bits per heavy atom. The Morgan fingerprint density at radius 2 is 1.72 bits per heavy atom. The van der Waals surface area contributed by atoms with Crippen LogP contribution in [0.4, 0.5) is 30.5 Å². The molecule has 43 heavy (non-hydrogen) atoms. The second-order valence-electron chi connectivity index (χ2n) is 8.90. The van der Waals surface area contributed by atoms with Gasteiger partial charge in [0.2, 0.25) is 11.9 Å². The van der Waals surface area contributed by atoms with Gasteiger partial charge in [0.05, 0.1) is 31.8 Å². The molecule has 4 rings (SSSR count). The second-order valence-corrected chi connectivity index (χ2v) is 8.90. The Labute approximate surface area is 241 Å². The molecule has 0 bridgehead atoms. The standard InChI is InChI=1S/C27H24F3N7O6/c1-14(38)32-26-35-22-21(24(40)36-26)33-16(13-31-22)10-11-37(25(41)27(28,29)30)17-6-4-15(5-7-17)23(39)34-19-12-18(42-2)8-9-20(19)43-3/h4-9,12-13H,10-11H2,1-3H3,(H,34,39)(H2,31,32,35,36,38,40). The van der Waals surface area contributed by atoms with Crippen LogP contribution in [0.1, 0.15) is 23.0 Å². The molecule has 224 valence electrons. The summed E-state index contributed by atoms with van der Waals surface area (Å²) in [4.78, 5) is 63.7. The topological polar surface area (TPSA) is 168 Å². The molecule has 16 heteroatoms. The molecule has 2 aromatic heterocycles. The average molecular weight is 600 g/mol. The highest BCUT2D eigenvalue weighted by atomic mass is 19.4. The molecule has 3 amide bonds. The number of aromatic amines is 1. The summed E-state index contributed by atoms with van der Waals surface area (Å²) in [5.41, 5.74) is -0.656. The number of hydrogen-bond acceptors (Lipinski definition) is 9. The van der Waals surface area contributed by atoms with Gasteiger partial charge in [0.15, 0.2) is 11.2 Å². The number of carbonyl (C=O) groups excluding carboxylic acids is 3. The minimum atomic E-state index is -5.20. The zero-order valence-corrected chi connectivity index (χ0v) is 22.9. The van der Waals surface area contributed by atoms with Crippen molar-refractivity contribution in [2.24, 2.45) is 0 Å². The second kappa shape index (κ2) is 12.5. The zero-order chi connectivity index (χ0) is 31.3. The van der Waals surface area contributed by atoms with Gasteiger partial charge in [0, 0.05) is 37.2 Å². The minimum absolute atomic E-state index is 0.0961. The SMILES string of the molecule is COc1ccc(OC)c(NC(=O)c2ccc(N(CCc3cnc4nc(NC(C)=O)[nH]c(=O)c4n3)C(=O)C(F)(F)F)cc2)c1. The van der Waals surface area contributed by atoms with Gasteiger partial charge in [0.1, 0.15) is 11.5 Å². The van der Waals surface area contributed by atoms with Crippen LogP contribution in [0, 0.1) is 0 Å². The van der Waals surface area contributed by atoms with Crippen LogP contribution in [0.3, 0.4) is 0 Å². The maximum atomic E-state index is 13.5. The summed E-state index contributed by atoms with van der Waals surface area (Å²) in [6.45, 7) is 0.732. The largest absolute Gasteiger partial charge is 0.497 e. The number of amides is 3. The third-order valence-electron chi connectivity index (χ3n) is 5.94. The number of benzene rings is 2. The molecule has 2 aromatic carbocycles. The fourth-order valence-corrected chi connectivity index (χ4v) is 3.93. The average Bonchev–Trinajstić information content (AvgIpc) is 2.96. The number of hydrogen-bond donors (Lipinski definition) is 3. The van der Waals surface area contributed by atoms with E-state index >= 15 is 0 Å². The van der Waals surface area contributed by atoms with Crippen molar-refractivity contribution in [3.8, 4) is 11.5 Å². The molecule has 0 unspecified atom stereocenters. The first kappa shape index (κ1) is 30.4.